The van der Waals surface area contributed by atoms with E-state index < -0.39 is 5.91 Å². The molecule has 3 N–H and O–H groups in total. The first-order valence-electron chi connectivity index (χ1n) is 10.3. The number of fused-ring (bicyclic) bond motifs is 3. The molecule has 0 saturated carbocycles. The molecule has 6 nitrogen and oxygen atoms in total. The van der Waals surface area contributed by atoms with Crippen molar-refractivity contribution < 1.29 is 9.90 Å². The zero-order chi connectivity index (χ0) is 21.7. The fourth-order valence-corrected chi connectivity index (χ4v) is 4.60. The van der Waals surface area contributed by atoms with Crippen LogP contribution < -0.4 is 10.6 Å². The van der Waals surface area contributed by atoms with Crippen LogP contribution in [0.15, 0.2) is 42.5 Å². The summed E-state index contributed by atoms with van der Waals surface area (Å²) >= 11 is 6.09. The van der Waals surface area contributed by atoms with Crippen LogP contribution in [-0.2, 0) is 6.42 Å². The zero-order valence-corrected chi connectivity index (χ0v) is 18.0. The van der Waals surface area contributed by atoms with Crippen LogP contribution in [0, 0.1) is 0 Å². The Kier molecular flexibility index (Phi) is 4.84. The minimum Gasteiger partial charge on any atom is -0.506 e. The van der Waals surface area contributed by atoms with E-state index >= 15 is 0 Å². The minimum atomic E-state index is -0.475. The van der Waals surface area contributed by atoms with Crippen LogP contribution >= 0.6 is 11.6 Å². The minimum absolute atomic E-state index is 0.00322. The van der Waals surface area contributed by atoms with Gasteiger partial charge in [-0.05, 0) is 54.6 Å². The van der Waals surface area contributed by atoms with Gasteiger partial charge in [-0.25, -0.2) is 4.98 Å². The molecule has 1 aromatic heterocycles. The number of hydrogen-bond donors (Lipinski definition) is 2. The molecule has 158 valence electrons. The van der Waals surface area contributed by atoms with E-state index in [4.69, 9.17) is 22.3 Å². The number of phenolic OH excluding ortho intramolecular Hbond substituents is 1. The van der Waals surface area contributed by atoms with Gasteiger partial charge in [0, 0.05) is 55.0 Å². The van der Waals surface area contributed by atoms with Crippen molar-refractivity contribution in [2.75, 3.05) is 38.1 Å². The number of piperazine rings is 1. The summed E-state index contributed by atoms with van der Waals surface area (Å²) in [6, 6.07) is 13.1. The number of aromatic nitrogens is 1. The highest BCUT2D eigenvalue weighted by Gasteiger charge is 2.27. The molecule has 2 aromatic carbocycles. The van der Waals surface area contributed by atoms with Gasteiger partial charge in [0.05, 0.1) is 16.4 Å². The number of hydrogen-bond acceptors (Lipinski definition) is 5. The van der Waals surface area contributed by atoms with Crippen LogP contribution in [0.1, 0.15) is 21.5 Å². The molecule has 2 heterocycles. The number of halogens is 1. The van der Waals surface area contributed by atoms with E-state index in [1.54, 1.807) is 18.2 Å². The van der Waals surface area contributed by atoms with Crippen LogP contribution in [0.25, 0.3) is 22.5 Å². The monoisotopic (exact) mass is 434 g/mol. The number of nitrogens with two attached hydrogens (primary N) is 1. The van der Waals surface area contributed by atoms with E-state index in [2.05, 4.69) is 35.0 Å². The van der Waals surface area contributed by atoms with Gasteiger partial charge in [-0.15, -0.1) is 0 Å². The third-order valence-corrected chi connectivity index (χ3v) is 6.52. The van der Waals surface area contributed by atoms with Crippen LogP contribution in [0.3, 0.4) is 0 Å². The van der Waals surface area contributed by atoms with E-state index in [0.29, 0.717) is 17.7 Å². The maximum absolute atomic E-state index is 12.3. The fourth-order valence-electron chi connectivity index (χ4n) is 4.42. The Morgan fingerprint density at radius 2 is 1.87 bits per heavy atom. The van der Waals surface area contributed by atoms with Gasteiger partial charge < -0.3 is 20.6 Å². The number of carbonyl (C=O) groups is 1. The van der Waals surface area contributed by atoms with Crippen molar-refractivity contribution in [2.24, 2.45) is 5.73 Å². The maximum Gasteiger partial charge on any atom is 0.249 e. The summed E-state index contributed by atoms with van der Waals surface area (Å²) in [6.45, 7) is 4.09. The quantitative estimate of drug-likeness (QED) is 0.515. The lowest BCUT2D eigenvalue weighted by Gasteiger charge is -2.34. The van der Waals surface area contributed by atoms with Crippen molar-refractivity contribution in [2.45, 2.75) is 6.42 Å². The Bertz CT molecular complexity index is 1200. The molecule has 1 aliphatic heterocycles. The Hall–Kier alpha value is -3.09. The fraction of sp³-hybridized carbons (Fsp3) is 0.250. The predicted molar refractivity (Wildman–Crippen MR) is 123 cm³/mol. The standard InChI is InChI=1S/C24H23ClN4O2/c1-28-6-8-29(9-7-28)16-3-4-17-15(10-16)11-18-19(24(26)31)13-21(27-23(17)18)14-2-5-22(30)20(25)12-14/h2-5,10,12-13,30H,6-9,11H2,1H3,(H2,26,31). The summed E-state index contributed by atoms with van der Waals surface area (Å²) in [5, 5.41) is 9.97. The van der Waals surface area contributed by atoms with Gasteiger partial charge >= 0.3 is 0 Å². The first kappa shape index (κ1) is 19.8. The topological polar surface area (TPSA) is 82.7 Å². The summed E-state index contributed by atoms with van der Waals surface area (Å²) in [5.41, 5.74) is 12.6. The molecule has 1 saturated heterocycles. The number of phenols is 1. The third-order valence-electron chi connectivity index (χ3n) is 6.21. The normalized spacial score (nSPS) is 15.6. The van der Waals surface area contributed by atoms with Crippen molar-refractivity contribution in [1.82, 2.24) is 9.88 Å². The van der Waals surface area contributed by atoms with Gasteiger partial charge in [0.15, 0.2) is 0 Å². The molecule has 2 aliphatic rings. The Balaban J connectivity index is 1.57. The second kappa shape index (κ2) is 7.55. The van der Waals surface area contributed by atoms with Gasteiger partial charge in [-0.1, -0.05) is 17.7 Å². The molecule has 3 aromatic rings. The third kappa shape index (κ3) is 3.52. The van der Waals surface area contributed by atoms with E-state index in [1.807, 2.05) is 0 Å². The van der Waals surface area contributed by atoms with Crippen LogP contribution in [0.5, 0.6) is 5.75 Å². The molecule has 0 unspecified atom stereocenters. The van der Waals surface area contributed by atoms with Gasteiger partial charge in [0.1, 0.15) is 5.75 Å². The number of carbonyl (C=O) groups excluding carboxylic acids is 1. The molecule has 0 spiro atoms. The Labute approximate surface area is 185 Å². The van der Waals surface area contributed by atoms with Gasteiger partial charge in [0.25, 0.3) is 0 Å². The molecule has 1 fully saturated rings. The summed E-state index contributed by atoms with van der Waals surface area (Å²) < 4.78 is 0. The van der Waals surface area contributed by atoms with Crippen molar-refractivity contribution in [3.8, 4) is 28.3 Å². The largest absolute Gasteiger partial charge is 0.506 e. The van der Waals surface area contributed by atoms with Crippen LogP contribution in [0.4, 0.5) is 5.69 Å². The molecule has 0 radical (unpaired) electrons. The van der Waals surface area contributed by atoms with Gasteiger partial charge in [-0.3, -0.25) is 4.79 Å². The smallest absolute Gasteiger partial charge is 0.249 e. The Morgan fingerprint density at radius 1 is 1.10 bits per heavy atom. The number of rotatable bonds is 3. The SMILES string of the molecule is CN1CCN(c2ccc3c(c2)Cc2c(C(N)=O)cc(-c4ccc(O)c(Cl)c4)nc2-3)CC1. The molecule has 1 amide bonds. The van der Waals surface area contributed by atoms with Gasteiger partial charge in [0.2, 0.25) is 5.91 Å². The molecule has 7 heteroatoms. The number of amides is 1. The maximum atomic E-state index is 12.3. The Morgan fingerprint density at radius 3 is 2.58 bits per heavy atom. The number of aromatic hydroxyl groups is 1. The van der Waals surface area contributed by atoms with Crippen LogP contribution in [0.2, 0.25) is 5.02 Å². The molecule has 0 bridgehead atoms. The molecule has 0 atom stereocenters. The van der Waals surface area contributed by atoms with Crippen molar-refractivity contribution in [3.05, 3.63) is 64.2 Å². The second-order valence-corrected chi connectivity index (χ2v) is 8.63. The number of pyridine rings is 1. The summed E-state index contributed by atoms with van der Waals surface area (Å²) in [6.07, 6.45) is 0.633. The van der Waals surface area contributed by atoms with E-state index in [1.165, 1.54) is 11.8 Å². The zero-order valence-electron chi connectivity index (χ0n) is 17.2. The summed E-state index contributed by atoms with van der Waals surface area (Å²) in [7, 11) is 2.15. The summed E-state index contributed by atoms with van der Waals surface area (Å²) in [5.74, 6) is -0.472. The molecular weight excluding hydrogens is 412 g/mol. The molecule has 5 rings (SSSR count). The molecular formula is C24H23ClN4O2. The first-order chi connectivity index (χ1) is 14.9. The lowest BCUT2D eigenvalue weighted by Crippen LogP contribution is -2.44. The molecule has 1 aliphatic carbocycles. The number of nitrogens with zero attached hydrogens (tertiary/aromatic N) is 3. The van der Waals surface area contributed by atoms with Crippen LogP contribution in [-0.4, -0.2) is 54.1 Å². The van der Waals surface area contributed by atoms with E-state index in [-0.39, 0.29) is 10.8 Å². The number of anilines is 1. The average molecular weight is 435 g/mol. The first-order valence-corrected chi connectivity index (χ1v) is 10.7. The lowest BCUT2D eigenvalue weighted by molar-refractivity contribution is 0.0999. The summed E-state index contributed by atoms with van der Waals surface area (Å²) in [4.78, 5) is 21.9. The number of benzene rings is 2. The number of primary amides is 1. The van der Waals surface area contributed by atoms with Crippen molar-refractivity contribution in [1.29, 1.82) is 0 Å². The number of likely N-dealkylation sites (N-methyl/N-ethyl adjacent to an activating group) is 1. The van der Waals surface area contributed by atoms with E-state index in [9.17, 15) is 9.90 Å². The average Bonchev–Trinajstić information content (AvgIpc) is 3.13. The highest BCUT2D eigenvalue weighted by atomic mass is 35.5. The highest BCUT2D eigenvalue weighted by Crippen LogP contribution is 2.41. The second-order valence-electron chi connectivity index (χ2n) is 8.22. The van der Waals surface area contributed by atoms with Crippen molar-refractivity contribution >= 4 is 23.2 Å². The van der Waals surface area contributed by atoms with Crippen molar-refractivity contribution in [3.63, 3.8) is 0 Å². The van der Waals surface area contributed by atoms with Gasteiger partial charge in [-0.2, -0.15) is 0 Å². The highest BCUT2D eigenvalue weighted by molar-refractivity contribution is 6.32. The lowest BCUT2D eigenvalue weighted by atomic mass is 10.0. The molecule has 31 heavy (non-hydrogen) atoms. The van der Waals surface area contributed by atoms with E-state index in [0.717, 1.165) is 54.1 Å². The predicted octanol–water partition coefficient (Wildman–Crippen LogP) is 3.53.